The fourth-order valence-corrected chi connectivity index (χ4v) is 2.43. The zero-order valence-electron chi connectivity index (χ0n) is 13.9. The summed E-state index contributed by atoms with van der Waals surface area (Å²) < 4.78 is 5.33. The Morgan fingerprint density at radius 3 is 2.42 bits per heavy atom. The Morgan fingerprint density at radius 2 is 1.67 bits per heavy atom. The SMILES string of the molecule is COc1ccccc1Nc1cnnc(Nc2c(C)cccc2C)n1. The van der Waals surface area contributed by atoms with Crippen molar-refractivity contribution in [2.45, 2.75) is 13.8 Å². The minimum atomic E-state index is 0.437. The molecule has 3 aromatic rings. The second-order valence-corrected chi connectivity index (χ2v) is 5.38. The van der Waals surface area contributed by atoms with Crippen LogP contribution in [0.3, 0.4) is 0 Å². The molecule has 2 aromatic carbocycles. The van der Waals surface area contributed by atoms with Crippen LogP contribution in [0.1, 0.15) is 11.1 Å². The van der Waals surface area contributed by atoms with Gasteiger partial charge in [0.2, 0.25) is 5.95 Å². The van der Waals surface area contributed by atoms with E-state index in [4.69, 9.17) is 4.74 Å². The highest BCUT2D eigenvalue weighted by atomic mass is 16.5. The van der Waals surface area contributed by atoms with Crippen molar-refractivity contribution in [3.63, 3.8) is 0 Å². The lowest BCUT2D eigenvalue weighted by Gasteiger charge is -2.12. The van der Waals surface area contributed by atoms with E-state index in [0.717, 1.165) is 28.3 Å². The second kappa shape index (κ2) is 6.95. The van der Waals surface area contributed by atoms with Crippen molar-refractivity contribution in [1.29, 1.82) is 0 Å². The van der Waals surface area contributed by atoms with Gasteiger partial charge in [-0.25, -0.2) is 0 Å². The maximum atomic E-state index is 5.33. The monoisotopic (exact) mass is 321 g/mol. The van der Waals surface area contributed by atoms with Gasteiger partial charge in [0, 0.05) is 5.69 Å². The number of methoxy groups -OCH3 is 1. The molecule has 0 fully saturated rings. The van der Waals surface area contributed by atoms with Crippen molar-refractivity contribution in [1.82, 2.24) is 15.2 Å². The first-order valence-corrected chi connectivity index (χ1v) is 7.60. The number of aryl methyl sites for hydroxylation is 2. The van der Waals surface area contributed by atoms with Crippen LogP contribution < -0.4 is 15.4 Å². The van der Waals surface area contributed by atoms with Crippen molar-refractivity contribution in [2.24, 2.45) is 0 Å². The molecule has 0 bridgehead atoms. The average molecular weight is 321 g/mol. The van der Waals surface area contributed by atoms with Gasteiger partial charge >= 0.3 is 0 Å². The number of anilines is 4. The fraction of sp³-hybridized carbons (Fsp3) is 0.167. The zero-order chi connectivity index (χ0) is 16.9. The molecule has 2 N–H and O–H groups in total. The molecule has 0 saturated carbocycles. The Morgan fingerprint density at radius 1 is 0.917 bits per heavy atom. The molecule has 0 aliphatic carbocycles. The van der Waals surface area contributed by atoms with Gasteiger partial charge in [-0.3, -0.25) is 0 Å². The maximum Gasteiger partial charge on any atom is 0.249 e. The quantitative estimate of drug-likeness (QED) is 0.740. The van der Waals surface area contributed by atoms with Crippen molar-refractivity contribution in [3.05, 3.63) is 59.8 Å². The lowest BCUT2D eigenvalue weighted by Crippen LogP contribution is -2.04. The van der Waals surface area contributed by atoms with Crippen LogP contribution in [0.5, 0.6) is 5.75 Å². The van der Waals surface area contributed by atoms with Crippen LogP contribution in [0.25, 0.3) is 0 Å². The second-order valence-electron chi connectivity index (χ2n) is 5.38. The standard InChI is InChI=1S/C18H19N5O/c1-12-7-6-8-13(2)17(12)22-18-21-16(11-19-23-18)20-14-9-4-5-10-15(14)24-3/h4-11H,1-3H3,(H2,20,21,22,23). The van der Waals surface area contributed by atoms with Gasteiger partial charge in [-0.15, -0.1) is 5.10 Å². The minimum Gasteiger partial charge on any atom is -0.495 e. The molecule has 0 radical (unpaired) electrons. The number of hydrogen-bond donors (Lipinski definition) is 2. The van der Waals surface area contributed by atoms with Gasteiger partial charge in [0.25, 0.3) is 0 Å². The molecular weight excluding hydrogens is 302 g/mol. The summed E-state index contributed by atoms with van der Waals surface area (Å²) in [6.45, 7) is 4.08. The number of rotatable bonds is 5. The van der Waals surface area contributed by atoms with Crippen LogP contribution in [-0.2, 0) is 0 Å². The van der Waals surface area contributed by atoms with Crippen molar-refractivity contribution in [2.75, 3.05) is 17.7 Å². The first kappa shape index (κ1) is 15.7. The lowest BCUT2D eigenvalue weighted by atomic mass is 10.1. The van der Waals surface area contributed by atoms with Crippen LogP contribution >= 0.6 is 0 Å². The van der Waals surface area contributed by atoms with Gasteiger partial charge in [0.1, 0.15) is 5.75 Å². The highest BCUT2D eigenvalue weighted by Gasteiger charge is 2.07. The third-order valence-corrected chi connectivity index (χ3v) is 3.65. The Hall–Kier alpha value is -3.15. The van der Waals surface area contributed by atoms with E-state index in [1.807, 2.05) is 56.3 Å². The van der Waals surface area contributed by atoms with Gasteiger partial charge < -0.3 is 15.4 Å². The minimum absolute atomic E-state index is 0.437. The Balaban J connectivity index is 1.84. The van der Waals surface area contributed by atoms with E-state index in [1.165, 1.54) is 0 Å². The van der Waals surface area contributed by atoms with E-state index in [1.54, 1.807) is 13.3 Å². The molecule has 0 unspecified atom stereocenters. The molecule has 0 saturated heterocycles. The normalized spacial score (nSPS) is 10.3. The van der Waals surface area contributed by atoms with Gasteiger partial charge in [-0.1, -0.05) is 30.3 Å². The number of aromatic nitrogens is 3. The van der Waals surface area contributed by atoms with E-state index in [2.05, 4.69) is 25.8 Å². The van der Waals surface area contributed by atoms with E-state index in [9.17, 15) is 0 Å². The zero-order valence-corrected chi connectivity index (χ0v) is 13.9. The van der Waals surface area contributed by atoms with Crippen LogP contribution in [0, 0.1) is 13.8 Å². The summed E-state index contributed by atoms with van der Waals surface area (Å²) in [5.74, 6) is 1.76. The largest absolute Gasteiger partial charge is 0.495 e. The number of para-hydroxylation sites is 3. The molecular formula is C18H19N5O. The third-order valence-electron chi connectivity index (χ3n) is 3.65. The molecule has 3 rings (SSSR count). The molecule has 0 atom stereocenters. The van der Waals surface area contributed by atoms with E-state index in [0.29, 0.717) is 11.8 Å². The summed E-state index contributed by atoms with van der Waals surface area (Å²) in [7, 11) is 1.63. The molecule has 0 amide bonds. The fourth-order valence-electron chi connectivity index (χ4n) is 2.43. The molecule has 6 nitrogen and oxygen atoms in total. The summed E-state index contributed by atoms with van der Waals surface area (Å²) in [5, 5.41) is 14.5. The molecule has 122 valence electrons. The summed E-state index contributed by atoms with van der Waals surface area (Å²) >= 11 is 0. The predicted molar refractivity (Wildman–Crippen MR) is 95.3 cm³/mol. The molecule has 0 aliphatic rings. The topological polar surface area (TPSA) is 72.0 Å². The van der Waals surface area contributed by atoms with E-state index < -0.39 is 0 Å². The molecule has 1 heterocycles. The lowest BCUT2D eigenvalue weighted by molar-refractivity contribution is 0.417. The van der Waals surface area contributed by atoms with Crippen molar-refractivity contribution < 1.29 is 4.74 Å². The number of ether oxygens (including phenoxy) is 1. The van der Waals surface area contributed by atoms with Gasteiger partial charge in [0.05, 0.1) is 19.0 Å². The summed E-state index contributed by atoms with van der Waals surface area (Å²) in [6.07, 6.45) is 1.57. The van der Waals surface area contributed by atoms with Crippen LogP contribution in [-0.4, -0.2) is 22.3 Å². The van der Waals surface area contributed by atoms with Crippen molar-refractivity contribution >= 4 is 23.1 Å². The average Bonchev–Trinajstić information content (AvgIpc) is 2.59. The van der Waals surface area contributed by atoms with Gasteiger partial charge in [-0.2, -0.15) is 10.1 Å². The van der Waals surface area contributed by atoms with Crippen LogP contribution in [0.15, 0.2) is 48.7 Å². The maximum absolute atomic E-state index is 5.33. The number of nitrogens with one attached hydrogen (secondary N) is 2. The van der Waals surface area contributed by atoms with E-state index in [-0.39, 0.29) is 0 Å². The predicted octanol–water partition coefficient (Wildman–Crippen LogP) is 3.98. The number of nitrogens with zero attached hydrogens (tertiary/aromatic N) is 3. The van der Waals surface area contributed by atoms with Gasteiger partial charge in [-0.05, 0) is 37.1 Å². The summed E-state index contributed by atoms with van der Waals surface area (Å²) in [4.78, 5) is 4.47. The number of hydrogen-bond acceptors (Lipinski definition) is 6. The smallest absolute Gasteiger partial charge is 0.249 e. The molecule has 6 heteroatoms. The van der Waals surface area contributed by atoms with Crippen molar-refractivity contribution in [3.8, 4) is 5.75 Å². The highest BCUT2D eigenvalue weighted by molar-refractivity contribution is 5.66. The summed E-state index contributed by atoms with van der Waals surface area (Å²) in [6, 6.07) is 13.7. The Kier molecular flexibility index (Phi) is 4.56. The Bertz CT molecular complexity index is 830. The molecule has 1 aromatic heterocycles. The highest BCUT2D eigenvalue weighted by Crippen LogP contribution is 2.27. The molecule has 0 spiro atoms. The summed E-state index contributed by atoms with van der Waals surface area (Å²) in [5.41, 5.74) is 4.07. The third kappa shape index (κ3) is 3.43. The molecule has 0 aliphatic heterocycles. The Labute approximate surface area is 140 Å². The van der Waals surface area contributed by atoms with Gasteiger partial charge in [0.15, 0.2) is 5.82 Å². The van der Waals surface area contributed by atoms with Crippen LogP contribution in [0.2, 0.25) is 0 Å². The van der Waals surface area contributed by atoms with E-state index >= 15 is 0 Å². The molecule has 24 heavy (non-hydrogen) atoms. The first-order chi connectivity index (χ1) is 11.7. The number of benzene rings is 2. The van der Waals surface area contributed by atoms with Crippen LogP contribution in [0.4, 0.5) is 23.1 Å². The first-order valence-electron chi connectivity index (χ1n) is 7.60.